The van der Waals surface area contributed by atoms with Crippen LogP contribution in [0.5, 0.6) is 0 Å². The first-order chi connectivity index (χ1) is 17.9. The van der Waals surface area contributed by atoms with Crippen molar-refractivity contribution in [1.82, 2.24) is 10.3 Å². The third-order valence-corrected chi connectivity index (χ3v) is 7.81. The Morgan fingerprint density at radius 3 is 2.35 bits per heavy atom. The number of thioether (sulfide) groups is 1. The maximum Gasteiger partial charge on any atom is 0.272 e. The van der Waals surface area contributed by atoms with Crippen LogP contribution in [-0.2, 0) is 9.59 Å². The number of anilines is 2. The van der Waals surface area contributed by atoms with Crippen LogP contribution in [0.15, 0.2) is 88.1 Å². The molecule has 1 unspecified atom stereocenters. The number of hydrogen-bond acceptors (Lipinski definition) is 7. The minimum Gasteiger partial charge on any atom is -0.321 e. The summed E-state index contributed by atoms with van der Waals surface area (Å²) in [5.41, 5.74) is 2.02. The zero-order valence-electron chi connectivity index (χ0n) is 20.1. The van der Waals surface area contributed by atoms with Crippen LogP contribution in [0.25, 0.3) is 6.08 Å². The summed E-state index contributed by atoms with van der Waals surface area (Å²) in [6, 6.07) is 19.7. The SMILES string of the molecule is Cc1csc(NC(=O)C(C)Sc2ccc(NC(=O)/C(=C/c3cccs3)NC(=O)c3ccccc3)cc2)n1. The van der Waals surface area contributed by atoms with E-state index in [1.807, 2.05) is 54.9 Å². The van der Waals surface area contributed by atoms with Crippen LogP contribution in [0.2, 0.25) is 0 Å². The van der Waals surface area contributed by atoms with E-state index in [0.717, 1.165) is 15.5 Å². The normalized spacial score (nSPS) is 12.0. The van der Waals surface area contributed by atoms with Crippen LogP contribution in [0.1, 0.15) is 27.9 Å². The number of carbonyl (C=O) groups is 3. The van der Waals surface area contributed by atoms with Crippen LogP contribution < -0.4 is 16.0 Å². The van der Waals surface area contributed by atoms with E-state index in [4.69, 9.17) is 0 Å². The number of aryl methyl sites for hydroxylation is 1. The zero-order chi connectivity index (χ0) is 26.2. The standard InChI is InChI=1S/C27H24N4O3S3/c1-17-16-36-27(28-17)31-24(32)18(2)37-21-12-10-20(11-13-21)29-26(34)23(15-22-9-6-14-35-22)30-25(33)19-7-4-3-5-8-19/h3-16,18H,1-2H3,(H,29,34)(H,30,33)(H,28,31,32)/b23-15-. The summed E-state index contributed by atoms with van der Waals surface area (Å²) >= 11 is 4.26. The fraction of sp³-hybridized carbons (Fsp3) is 0.111. The molecule has 2 aromatic carbocycles. The Kier molecular flexibility index (Phi) is 8.89. The summed E-state index contributed by atoms with van der Waals surface area (Å²) in [5.74, 6) is -0.940. The van der Waals surface area contributed by atoms with Gasteiger partial charge < -0.3 is 16.0 Å². The largest absolute Gasteiger partial charge is 0.321 e. The monoisotopic (exact) mass is 548 g/mol. The Morgan fingerprint density at radius 1 is 0.946 bits per heavy atom. The van der Waals surface area contributed by atoms with Gasteiger partial charge in [0, 0.05) is 26.4 Å². The van der Waals surface area contributed by atoms with Gasteiger partial charge in [0.1, 0.15) is 5.70 Å². The highest BCUT2D eigenvalue weighted by Crippen LogP contribution is 2.26. The highest BCUT2D eigenvalue weighted by atomic mass is 32.2. The molecule has 37 heavy (non-hydrogen) atoms. The number of amides is 3. The van der Waals surface area contributed by atoms with Gasteiger partial charge in [0.15, 0.2) is 5.13 Å². The first-order valence-corrected chi connectivity index (χ1v) is 13.9. The quantitative estimate of drug-likeness (QED) is 0.175. The lowest BCUT2D eigenvalue weighted by atomic mass is 10.2. The molecule has 0 fully saturated rings. The Morgan fingerprint density at radius 2 is 1.70 bits per heavy atom. The van der Waals surface area contributed by atoms with Crippen molar-refractivity contribution in [2.24, 2.45) is 0 Å². The second-order valence-corrected chi connectivity index (χ2v) is 11.2. The molecule has 0 aliphatic rings. The minimum absolute atomic E-state index is 0.130. The maximum atomic E-state index is 13.1. The predicted molar refractivity (Wildman–Crippen MR) is 152 cm³/mol. The Hall–Kier alpha value is -3.73. The van der Waals surface area contributed by atoms with Crippen LogP contribution in [0.4, 0.5) is 10.8 Å². The summed E-state index contributed by atoms with van der Waals surface area (Å²) in [5, 5.41) is 12.4. The molecule has 7 nitrogen and oxygen atoms in total. The minimum atomic E-state index is -0.440. The van der Waals surface area contributed by atoms with Gasteiger partial charge in [-0.3, -0.25) is 14.4 Å². The molecule has 4 aromatic rings. The molecule has 0 aliphatic carbocycles. The highest BCUT2D eigenvalue weighted by Gasteiger charge is 2.17. The van der Waals surface area contributed by atoms with Crippen molar-refractivity contribution in [2.45, 2.75) is 24.0 Å². The molecule has 188 valence electrons. The molecule has 4 rings (SSSR count). The molecule has 10 heteroatoms. The fourth-order valence-corrected chi connectivity index (χ4v) is 5.37. The number of nitrogens with zero attached hydrogens (tertiary/aromatic N) is 1. The molecule has 3 amide bonds. The van der Waals surface area contributed by atoms with Gasteiger partial charge >= 0.3 is 0 Å². The highest BCUT2D eigenvalue weighted by molar-refractivity contribution is 8.00. The first kappa shape index (κ1) is 26.3. The summed E-state index contributed by atoms with van der Waals surface area (Å²) in [6.45, 7) is 3.70. The topological polar surface area (TPSA) is 100 Å². The Bertz CT molecular complexity index is 1400. The van der Waals surface area contributed by atoms with Crippen molar-refractivity contribution < 1.29 is 14.4 Å². The molecule has 0 aliphatic heterocycles. The van der Waals surface area contributed by atoms with E-state index in [2.05, 4.69) is 20.9 Å². The average Bonchev–Trinajstić information content (AvgIpc) is 3.56. The van der Waals surface area contributed by atoms with Crippen LogP contribution in [0, 0.1) is 6.92 Å². The number of thiazole rings is 1. The number of hydrogen-bond donors (Lipinski definition) is 3. The van der Waals surface area contributed by atoms with E-state index in [9.17, 15) is 14.4 Å². The van der Waals surface area contributed by atoms with Crippen molar-refractivity contribution in [2.75, 3.05) is 10.6 Å². The second-order valence-electron chi connectivity index (χ2n) is 7.92. The second kappa shape index (κ2) is 12.5. The molecule has 2 aromatic heterocycles. The number of rotatable bonds is 9. The van der Waals surface area contributed by atoms with Gasteiger partial charge in [0.2, 0.25) is 5.91 Å². The van der Waals surface area contributed by atoms with Crippen molar-refractivity contribution in [3.05, 3.63) is 99.3 Å². The number of carbonyl (C=O) groups excluding carboxylic acids is 3. The number of thiophene rings is 1. The third kappa shape index (κ3) is 7.63. The van der Waals surface area contributed by atoms with Gasteiger partial charge in [-0.15, -0.1) is 34.4 Å². The first-order valence-electron chi connectivity index (χ1n) is 11.3. The van der Waals surface area contributed by atoms with Gasteiger partial charge in [0.05, 0.1) is 10.9 Å². The van der Waals surface area contributed by atoms with E-state index in [1.54, 1.807) is 42.5 Å². The maximum absolute atomic E-state index is 13.1. The third-order valence-electron chi connectivity index (χ3n) is 5.00. The van der Waals surface area contributed by atoms with Crippen LogP contribution in [0.3, 0.4) is 0 Å². The average molecular weight is 549 g/mol. The van der Waals surface area contributed by atoms with Crippen molar-refractivity contribution in [1.29, 1.82) is 0 Å². The van der Waals surface area contributed by atoms with Gasteiger partial charge in [0.25, 0.3) is 11.8 Å². The summed E-state index contributed by atoms with van der Waals surface area (Å²) in [6.07, 6.45) is 1.65. The van der Waals surface area contributed by atoms with E-state index in [-0.39, 0.29) is 22.8 Å². The number of nitrogens with one attached hydrogen (secondary N) is 3. The van der Waals surface area contributed by atoms with Gasteiger partial charge in [-0.1, -0.05) is 24.3 Å². The molecule has 0 saturated carbocycles. The molecule has 0 spiro atoms. The van der Waals surface area contributed by atoms with Crippen molar-refractivity contribution in [3.63, 3.8) is 0 Å². The molecule has 3 N–H and O–H groups in total. The molecule has 1 atom stereocenters. The Balaban J connectivity index is 1.39. The lowest BCUT2D eigenvalue weighted by molar-refractivity contribution is -0.115. The van der Waals surface area contributed by atoms with Gasteiger partial charge in [-0.05, 0) is 67.8 Å². The van der Waals surface area contributed by atoms with Gasteiger partial charge in [-0.25, -0.2) is 4.98 Å². The molecule has 0 saturated heterocycles. The van der Waals surface area contributed by atoms with E-state index in [1.165, 1.54) is 34.4 Å². The van der Waals surface area contributed by atoms with E-state index < -0.39 is 5.91 Å². The molecular formula is C27H24N4O3S3. The van der Waals surface area contributed by atoms with Crippen LogP contribution in [-0.4, -0.2) is 28.0 Å². The molecule has 0 bridgehead atoms. The number of benzene rings is 2. The van der Waals surface area contributed by atoms with Crippen LogP contribution >= 0.6 is 34.4 Å². The summed E-state index contributed by atoms with van der Waals surface area (Å²) < 4.78 is 0. The Labute approximate surface area is 227 Å². The summed E-state index contributed by atoms with van der Waals surface area (Å²) in [7, 11) is 0. The molecule has 2 heterocycles. The van der Waals surface area contributed by atoms with Crippen molar-refractivity contribution >= 4 is 69.1 Å². The van der Waals surface area contributed by atoms with Crippen molar-refractivity contribution in [3.8, 4) is 0 Å². The predicted octanol–water partition coefficient (Wildman–Crippen LogP) is 6.04. The van der Waals surface area contributed by atoms with Gasteiger partial charge in [-0.2, -0.15) is 0 Å². The lowest BCUT2D eigenvalue weighted by Crippen LogP contribution is -2.30. The number of aromatic nitrogens is 1. The zero-order valence-corrected chi connectivity index (χ0v) is 22.5. The smallest absolute Gasteiger partial charge is 0.272 e. The molecular weight excluding hydrogens is 525 g/mol. The lowest BCUT2D eigenvalue weighted by Gasteiger charge is -2.13. The van der Waals surface area contributed by atoms with E-state index in [0.29, 0.717) is 16.4 Å². The molecule has 0 radical (unpaired) electrons. The van der Waals surface area contributed by atoms with E-state index >= 15 is 0 Å². The summed E-state index contributed by atoms with van der Waals surface area (Å²) in [4.78, 5) is 44.2. The fourth-order valence-electron chi connectivity index (χ4n) is 3.15.